The number of rotatable bonds is 3. The first kappa shape index (κ1) is 15.5. The zero-order chi connectivity index (χ0) is 17.2. The van der Waals surface area contributed by atoms with E-state index in [0.29, 0.717) is 44.8 Å². The predicted molar refractivity (Wildman–Crippen MR) is 86.9 cm³/mol. The van der Waals surface area contributed by atoms with E-state index in [1.54, 1.807) is 11.0 Å². The van der Waals surface area contributed by atoms with Crippen molar-refractivity contribution in [3.05, 3.63) is 24.8 Å². The van der Waals surface area contributed by atoms with Gasteiger partial charge in [0.05, 0.1) is 0 Å². The van der Waals surface area contributed by atoms with Crippen molar-refractivity contribution in [1.82, 2.24) is 35.2 Å². The van der Waals surface area contributed by atoms with Crippen LogP contribution in [0.3, 0.4) is 0 Å². The van der Waals surface area contributed by atoms with E-state index in [-0.39, 0.29) is 17.9 Å². The molecular weight excluding hydrogens is 324 g/mol. The summed E-state index contributed by atoms with van der Waals surface area (Å²) in [5.74, 6) is 1.34. The van der Waals surface area contributed by atoms with Gasteiger partial charge in [0.15, 0.2) is 11.6 Å². The fourth-order valence-corrected chi connectivity index (χ4v) is 3.11. The molecule has 2 aromatic rings. The number of piperazine rings is 1. The molecule has 4 heterocycles. The second-order valence-corrected chi connectivity index (χ2v) is 6.06. The number of anilines is 1. The van der Waals surface area contributed by atoms with Gasteiger partial charge in [-0.3, -0.25) is 9.59 Å². The first-order valence-electron chi connectivity index (χ1n) is 8.22. The maximum absolute atomic E-state index is 12.4. The quantitative estimate of drug-likeness (QED) is 0.761. The van der Waals surface area contributed by atoms with Gasteiger partial charge in [-0.15, -0.1) is 10.2 Å². The molecule has 2 amide bonds. The lowest BCUT2D eigenvalue weighted by molar-refractivity contribution is -0.134. The molecule has 0 aliphatic carbocycles. The van der Waals surface area contributed by atoms with Crippen molar-refractivity contribution in [1.29, 1.82) is 0 Å². The lowest BCUT2D eigenvalue weighted by atomic mass is 10.2. The Hall–Kier alpha value is -3.04. The third-order valence-electron chi connectivity index (χ3n) is 4.50. The van der Waals surface area contributed by atoms with E-state index in [1.165, 1.54) is 6.33 Å². The molecule has 1 N–H and O–H groups in total. The van der Waals surface area contributed by atoms with Crippen molar-refractivity contribution in [2.75, 3.05) is 31.1 Å². The molecule has 10 heteroatoms. The molecule has 0 radical (unpaired) electrons. The third kappa shape index (κ3) is 3.14. The van der Waals surface area contributed by atoms with E-state index in [9.17, 15) is 9.59 Å². The van der Waals surface area contributed by atoms with Crippen molar-refractivity contribution >= 4 is 17.6 Å². The minimum Gasteiger partial charge on any atom is -0.352 e. The highest BCUT2D eigenvalue weighted by Gasteiger charge is 2.32. The van der Waals surface area contributed by atoms with E-state index in [4.69, 9.17) is 0 Å². The average Bonchev–Trinajstić information content (AvgIpc) is 3.33. The summed E-state index contributed by atoms with van der Waals surface area (Å²) in [6, 6.07) is 3.36. The Morgan fingerprint density at radius 3 is 2.48 bits per heavy atom. The largest absolute Gasteiger partial charge is 0.352 e. The molecule has 1 atom stereocenters. The van der Waals surface area contributed by atoms with Crippen molar-refractivity contribution in [3.63, 3.8) is 0 Å². The molecule has 0 aromatic carbocycles. The van der Waals surface area contributed by atoms with Gasteiger partial charge >= 0.3 is 0 Å². The molecule has 0 bridgehead atoms. The van der Waals surface area contributed by atoms with Gasteiger partial charge in [-0.25, -0.2) is 9.67 Å². The second-order valence-electron chi connectivity index (χ2n) is 6.06. The van der Waals surface area contributed by atoms with Crippen LogP contribution in [0.2, 0.25) is 0 Å². The fourth-order valence-electron chi connectivity index (χ4n) is 3.11. The summed E-state index contributed by atoms with van der Waals surface area (Å²) in [6.07, 6.45) is 4.03. The lowest BCUT2D eigenvalue weighted by Gasteiger charge is -2.36. The molecule has 25 heavy (non-hydrogen) atoms. The van der Waals surface area contributed by atoms with Crippen LogP contribution in [0, 0.1) is 0 Å². The number of hydrogen-bond acceptors (Lipinski definition) is 7. The Morgan fingerprint density at radius 1 is 1.12 bits per heavy atom. The summed E-state index contributed by atoms with van der Waals surface area (Å²) in [7, 11) is 0. The van der Waals surface area contributed by atoms with E-state index in [2.05, 4.69) is 30.5 Å². The lowest BCUT2D eigenvalue weighted by Crippen LogP contribution is -2.53. The Labute approximate surface area is 143 Å². The maximum Gasteiger partial charge on any atom is 0.245 e. The molecule has 2 aromatic heterocycles. The van der Waals surface area contributed by atoms with Crippen LogP contribution in [0.5, 0.6) is 0 Å². The van der Waals surface area contributed by atoms with Gasteiger partial charge in [0, 0.05) is 32.6 Å². The molecule has 0 saturated carbocycles. The van der Waals surface area contributed by atoms with Crippen LogP contribution in [0.25, 0.3) is 5.82 Å². The summed E-state index contributed by atoms with van der Waals surface area (Å²) >= 11 is 0. The number of carbonyl (C=O) groups excluding carboxylic acids is 2. The molecule has 0 unspecified atom stereocenters. The van der Waals surface area contributed by atoms with Crippen LogP contribution in [-0.2, 0) is 9.59 Å². The fraction of sp³-hybridized carbons (Fsp3) is 0.467. The van der Waals surface area contributed by atoms with Crippen molar-refractivity contribution in [3.8, 4) is 5.82 Å². The Morgan fingerprint density at radius 2 is 1.88 bits per heavy atom. The highest BCUT2D eigenvalue weighted by Crippen LogP contribution is 2.16. The van der Waals surface area contributed by atoms with Gasteiger partial charge in [0.1, 0.15) is 18.7 Å². The summed E-state index contributed by atoms with van der Waals surface area (Å²) in [6.45, 7) is 2.59. The van der Waals surface area contributed by atoms with E-state index in [1.807, 2.05) is 17.0 Å². The van der Waals surface area contributed by atoms with Gasteiger partial charge in [0.25, 0.3) is 0 Å². The van der Waals surface area contributed by atoms with Gasteiger partial charge in [-0.2, -0.15) is 5.10 Å². The zero-order valence-electron chi connectivity index (χ0n) is 13.6. The normalized spacial score (nSPS) is 20.6. The summed E-state index contributed by atoms with van der Waals surface area (Å²) in [5, 5.41) is 15.2. The van der Waals surface area contributed by atoms with Crippen LogP contribution in [0.1, 0.15) is 12.8 Å². The molecule has 0 spiro atoms. The second kappa shape index (κ2) is 6.46. The molecule has 2 aliphatic heterocycles. The first-order chi connectivity index (χ1) is 12.2. The molecular formula is C15H18N8O2. The van der Waals surface area contributed by atoms with Crippen LogP contribution < -0.4 is 10.2 Å². The molecule has 2 saturated heterocycles. The van der Waals surface area contributed by atoms with E-state index >= 15 is 0 Å². The Bertz CT molecular complexity index is 752. The monoisotopic (exact) mass is 342 g/mol. The van der Waals surface area contributed by atoms with Crippen LogP contribution >= 0.6 is 0 Å². The maximum atomic E-state index is 12.4. The molecule has 2 aliphatic rings. The number of aromatic nitrogens is 5. The Balaban J connectivity index is 1.35. The van der Waals surface area contributed by atoms with Crippen molar-refractivity contribution < 1.29 is 9.59 Å². The summed E-state index contributed by atoms with van der Waals surface area (Å²) < 4.78 is 1.54. The van der Waals surface area contributed by atoms with Gasteiger partial charge < -0.3 is 15.1 Å². The number of amides is 2. The minimum absolute atomic E-state index is 0.0121. The number of hydrogen-bond donors (Lipinski definition) is 1. The molecule has 4 rings (SSSR count). The van der Waals surface area contributed by atoms with Gasteiger partial charge in [-0.05, 0) is 18.6 Å². The molecule has 10 nitrogen and oxygen atoms in total. The smallest absolute Gasteiger partial charge is 0.245 e. The molecule has 2 fully saturated rings. The molecule has 130 valence electrons. The summed E-state index contributed by atoms with van der Waals surface area (Å²) in [5.41, 5.74) is 0. The first-order valence-corrected chi connectivity index (χ1v) is 8.22. The van der Waals surface area contributed by atoms with Crippen molar-refractivity contribution in [2.45, 2.75) is 18.9 Å². The Kier molecular flexibility index (Phi) is 4.00. The van der Waals surface area contributed by atoms with E-state index < -0.39 is 0 Å². The standard InChI is InChI=1S/C15H18N8O2/c24-14-4-1-11(18-14)15(25)22-7-5-21(6-8-22)12-2-3-13(20-19-12)23-10-16-9-17-23/h2-3,9-11H,1,4-8H2,(H,18,24)/t11-/m0/s1. The highest BCUT2D eigenvalue weighted by molar-refractivity contribution is 5.90. The zero-order valence-corrected chi connectivity index (χ0v) is 13.6. The van der Waals surface area contributed by atoms with Crippen LogP contribution in [0.4, 0.5) is 5.82 Å². The van der Waals surface area contributed by atoms with Gasteiger partial charge in [-0.1, -0.05) is 0 Å². The van der Waals surface area contributed by atoms with E-state index in [0.717, 1.165) is 5.82 Å². The minimum atomic E-state index is -0.360. The third-order valence-corrected chi connectivity index (χ3v) is 4.50. The topological polar surface area (TPSA) is 109 Å². The van der Waals surface area contributed by atoms with Crippen LogP contribution in [0.15, 0.2) is 24.8 Å². The predicted octanol–water partition coefficient (Wildman–Crippen LogP) is -1.02. The average molecular weight is 342 g/mol. The summed E-state index contributed by atoms with van der Waals surface area (Å²) in [4.78, 5) is 31.5. The SMILES string of the molecule is O=C1CC[C@@H](C(=O)N2CCN(c3ccc(-n4cncn4)nn3)CC2)N1. The van der Waals surface area contributed by atoms with Gasteiger partial charge in [0.2, 0.25) is 11.8 Å². The number of nitrogens with one attached hydrogen (secondary N) is 1. The number of carbonyl (C=O) groups is 2. The number of nitrogens with zero attached hydrogens (tertiary/aromatic N) is 7. The van der Waals surface area contributed by atoms with Crippen LogP contribution in [-0.4, -0.2) is 73.9 Å². The van der Waals surface area contributed by atoms with Crippen molar-refractivity contribution in [2.24, 2.45) is 0 Å². The highest BCUT2D eigenvalue weighted by atomic mass is 16.2.